The SMILES string of the molecule is CP(C)C.CP(C)C.CP(C)C.CP(C)C.[Cl][Re][Cl].[Cl][Re][Cl]. The van der Waals surface area contributed by atoms with E-state index < -0.39 is 31.9 Å². The van der Waals surface area contributed by atoms with E-state index in [9.17, 15) is 0 Å². The third-order valence-corrected chi connectivity index (χ3v) is 0. The summed E-state index contributed by atoms with van der Waals surface area (Å²) in [5.41, 5.74) is 0. The van der Waals surface area contributed by atoms with E-state index in [0.29, 0.717) is 31.7 Å². The van der Waals surface area contributed by atoms with Crippen molar-refractivity contribution in [3.05, 3.63) is 0 Å². The summed E-state index contributed by atoms with van der Waals surface area (Å²) in [6.07, 6.45) is 0. The Bertz CT molecular complexity index is 98.7. The molecule has 22 heavy (non-hydrogen) atoms. The zero-order valence-electron chi connectivity index (χ0n) is 16.1. The van der Waals surface area contributed by atoms with Gasteiger partial charge in [0.2, 0.25) is 0 Å². The first-order chi connectivity index (χ1) is 9.76. The molecule has 0 aromatic heterocycles. The molecule has 0 unspecified atom stereocenters. The first-order valence-corrected chi connectivity index (χ1v) is 30.1. The Morgan fingerprint density at radius 1 is 0.364 bits per heavy atom. The van der Waals surface area contributed by atoms with Crippen molar-refractivity contribution in [2.75, 3.05) is 80.0 Å². The summed E-state index contributed by atoms with van der Waals surface area (Å²) in [4.78, 5) is 0. The second-order valence-electron chi connectivity index (χ2n) is 5.47. The van der Waals surface area contributed by atoms with Crippen LogP contribution in [-0.4, -0.2) is 80.0 Å². The van der Waals surface area contributed by atoms with Gasteiger partial charge in [0.25, 0.3) is 0 Å². The summed E-state index contributed by atoms with van der Waals surface area (Å²) < 4.78 is 0. The fraction of sp³-hybridized carbons (Fsp3) is 1.00. The summed E-state index contributed by atoms with van der Waals surface area (Å²) >= 11 is -1.44. The van der Waals surface area contributed by atoms with Gasteiger partial charge in [-0.15, -0.1) is 31.7 Å². The molecule has 0 heterocycles. The van der Waals surface area contributed by atoms with Gasteiger partial charge < -0.3 is 0 Å². The predicted molar refractivity (Wildman–Crippen MR) is 122 cm³/mol. The van der Waals surface area contributed by atoms with Gasteiger partial charge in [0.1, 0.15) is 0 Å². The maximum absolute atomic E-state index is 4.92. The predicted octanol–water partition coefficient (Wildman–Crippen LogP) is 8.18. The van der Waals surface area contributed by atoms with E-state index in [4.69, 9.17) is 38.1 Å². The fourth-order valence-corrected chi connectivity index (χ4v) is 0. The van der Waals surface area contributed by atoms with E-state index in [1.54, 1.807) is 0 Å². The summed E-state index contributed by atoms with van der Waals surface area (Å²) in [6, 6.07) is 0. The van der Waals surface area contributed by atoms with Crippen LogP contribution in [0.25, 0.3) is 0 Å². The van der Waals surface area contributed by atoms with Gasteiger partial charge in [0, 0.05) is 0 Å². The third-order valence-electron chi connectivity index (χ3n) is 0. The van der Waals surface area contributed by atoms with Crippen molar-refractivity contribution in [2.24, 2.45) is 0 Å². The van der Waals surface area contributed by atoms with Crippen LogP contribution in [0.3, 0.4) is 0 Å². The van der Waals surface area contributed by atoms with Crippen molar-refractivity contribution < 1.29 is 31.9 Å². The molecule has 0 amide bonds. The van der Waals surface area contributed by atoms with Gasteiger partial charge in [-0.2, -0.15) is 0 Å². The van der Waals surface area contributed by atoms with Crippen LogP contribution >= 0.6 is 69.8 Å². The van der Waals surface area contributed by atoms with Gasteiger partial charge in [-0.3, -0.25) is 0 Å². The second-order valence-corrected chi connectivity index (χ2v) is 24.1. The van der Waals surface area contributed by atoms with Gasteiger partial charge in [-0.05, 0) is 80.0 Å². The standard InChI is InChI=1S/4C3H9P.4ClH.2Re/c4*1-4(2)3;;;;;;/h4*1-3H3;4*1H;;/q;;;;;;;;2*+2/p-4. The molecule has 0 saturated carbocycles. The number of hydrogen-bond donors (Lipinski definition) is 0. The van der Waals surface area contributed by atoms with E-state index in [1.807, 2.05) is 0 Å². The molecular weight excluding hydrogens is 782 g/mol. The van der Waals surface area contributed by atoms with Gasteiger partial charge >= 0.3 is 70.0 Å². The van der Waals surface area contributed by atoms with Crippen LogP contribution in [0.4, 0.5) is 0 Å². The molecule has 0 bridgehead atoms. The van der Waals surface area contributed by atoms with E-state index >= 15 is 0 Å². The van der Waals surface area contributed by atoms with Crippen LogP contribution in [0.15, 0.2) is 0 Å². The van der Waals surface area contributed by atoms with E-state index in [0.717, 1.165) is 0 Å². The zero-order chi connectivity index (χ0) is 19.7. The van der Waals surface area contributed by atoms with E-state index in [-0.39, 0.29) is 0 Å². The molecule has 0 aromatic rings. The second kappa shape index (κ2) is 44.6. The van der Waals surface area contributed by atoms with Crippen molar-refractivity contribution in [3.8, 4) is 0 Å². The summed E-state index contributed by atoms with van der Waals surface area (Å²) in [7, 11) is 21.2. The van der Waals surface area contributed by atoms with Crippen LogP contribution in [0.5, 0.6) is 0 Å². The Hall–Kier alpha value is 4.20. The number of halogens is 4. The molecule has 0 saturated heterocycles. The molecule has 0 spiro atoms. The van der Waals surface area contributed by atoms with Crippen LogP contribution in [0.2, 0.25) is 0 Å². The Morgan fingerprint density at radius 3 is 0.364 bits per heavy atom. The topological polar surface area (TPSA) is 0 Å². The van der Waals surface area contributed by atoms with Crippen molar-refractivity contribution in [3.63, 3.8) is 0 Å². The molecule has 0 aromatic carbocycles. The molecular formula is C12H36Cl4P4Re2. The van der Waals surface area contributed by atoms with Crippen LogP contribution in [0.1, 0.15) is 0 Å². The average Bonchev–Trinajstić information content (AvgIpc) is 2.13. The fourth-order valence-electron chi connectivity index (χ4n) is 0. The molecule has 0 rings (SSSR count). The first kappa shape index (κ1) is 40.8. The Morgan fingerprint density at radius 2 is 0.364 bits per heavy atom. The molecule has 0 aliphatic rings. The Balaban J connectivity index is -0.0000000351. The van der Waals surface area contributed by atoms with Crippen molar-refractivity contribution in [2.45, 2.75) is 0 Å². The van der Waals surface area contributed by atoms with Crippen molar-refractivity contribution in [1.29, 1.82) is 0 Å². The average molecular weight is 819 g/mol. The third kappa shape index (κ3) is 737. The Kier molecular flexibility index (Phi) is 82.6. The number of rotatable bonds is 0. The van der Waals surface area contributed by atoms with E-state index in [2.05, 4.69) is 80.0 Å². The van der Waals surface area contributed by atoms with Crippen LogP contribution < -0.4 is 0 Å². The molecule has 0 aliphatic heterocycles. The molecule has 10 heteroatoms. The maximum atomic E-state index is 4.92. The molecule has 0 nitrogen and oxygen atoms in total. The molecule has 146 valence electrons. The summed E-state index contributed by atoms with van der Waals surface area (Å²) in [5, 5.41) is 0. The van der Waals surface area contributed by atoms with Gasteiger partial charge in [0.15, 0.2) is 0 Å². The van der Waals surface area contributed by atoms with Crippen LogP contribution in [-0.2, 0) is 31.9 Å². The van der Waals surface area contributed by atoms with E-state index in [1.165, 1.54) is 0 Å². The quantitative estimate of drug-likeness (QED) is 0.217. The Labute approximate surface area is 179 Å². The summed E-state index contributed by atoms with van der Waals surface area (Å²) in [6.45, 7) is 26.8. The molecule has 0 radical (unpaired) electrons. The van der Waals surface area contributed by atoms with Crippen LogP contribution in [0, 0.1) is 0 Å². The molecule has 0 N–H and O–H groups in total. The number of hydrogen-bond acceptors (Lipinski definition) is 0. The summed E-state index contributed by atoms with van der Waals surface area (Å²) in [5.74, 6) is 0. The van der Waals surface area contributed by atoms with Gasteiger partial charge in [-0.1, -0.05) is 0 Å². The van der Waals surface area contributed by atoms with Gasteiger partial charge in [0.05, 0.1) is 0 Å². The molecule has 0 atom stereocenters. The van der Waals surface area contributed by atoms with Gasteiger partial charge in [-0.25, -0.2) is 0 Å². The van der Waals surface area contributed by atoms with Crippen molar-refractivity contribution >= 4 is 69.8 Å². The monoisotopic (exact) mass is 818 g/mol. The normalized spacial score (nSPS) is 8.18. The van der Waals surface area contributed by atoms with Crippen molar-refractivity contribution in [1.82, 2.24) is 0 Å². The zero-order valence-corrected chi connectivity index (χ0v) is 28.1. The minimum absolute atomic E-state index is 0.380. The first-order valence-electron chi connectivity index (χ1n) is 5.94. The molecule has 0 aliphatic carbocycles. The minimum atomic E-state index is -0.722. The molecule has 0 fully saturated rings.